The Morgan fingerprint density at radius 3 is 2.79 bits per heavy atom. The number of hydrogen-bond donors (Lipinski definition) is 1. The number of rotatable bonds is 3. The fourth-order valence-corrected chi connectivity index (χ4v) is 2.03. The Morgan fingerprint density at radius 1 is 1.37 bits per heavy atom. The fourth-order valence-electron chi connectivity index (χ4n) is 1.53. The van der Waals surface area contributed by atoms with Gasteiger partial charge in [-0.2, -0.15) is 0 Å². The number of carbonyl (C=O) groups excluding carboxylic acids is 1. The molecule has 1 amide bonds. The molecule has 0 fully saturated rings. The molecule has 0 aromatic carbocycles. The predicted octanol–water partition coefficient (Wildman–Crippen LogP) is 3.51. The highest BCUT2D eigenvalue weighted by Crippen LogP contribution is 2.26. The molecule has 0 aliphatic rings. The summed E-state index contributed by atoms with van der Waals surface area (Å²) >= 11 is 17.5. The third kappa shape index (κ3) is 3.00. The first-order valence-electron chi connectivity index (χ1n) is 5.36. The van der Waals surface area contributed by atoms with Crippen molar-refractivity contribution >= 4 is 46.5 Å². The Hall–Kier alpha value is -1.30. The summed E-state index contributed by atoms with van der Waals surface area (Å²) in [4.78, 5) is 19.7. The summed E-state index contributed by atoms with van der Waals surface area (Å²) in [7, 11) is 0. The molecule has 0 unspecified atom stereocenters. The smallest absolute Gasteiger partial charge is 0.273 e. The molecule has 0 saturated carbocycles. The summed E-state index contributed by atoms with van der Waals surface area (Å²) in [6.45, 7) is 2.52. The van der Waals surface area contributed by atoms with E-state index in [-0.39, 0.29) is 21.9 Å². The summed E-state index contributed by atoms with van der Waals surface area (Å²) < 4.78 is 1.72. The van der Waals surface area contributed by atoms with Crippen molar-refractivity contribution in [3.05, 3.63) is 39.5 Å². The quantitative estimate of drug-likeness (QED) is 0.881. The van der Waals surface area contributed by atoms with Gasteiger partial charge in [-0.1, -0.05) is 34.8 Å². The van der Waals surface area contributed by atoms with Crippen LogP contribution in [0.4, 0.5) is 5.82 Å². The summed E-state index contributed by atoms with van der Waals surface area (Å²) in [6.07, 6.45) is 2.89. The van der Waals surface area contributed by atoms with Gasteiger partial charge < -0.3 is 9.88 Å². The summed E-state index contributed by atoms with van der Waals surface area (Å²) in [6, 6.07) is 1.57. The van der Waals surface area contributed by atoms with Crippen molar-refractivity contribution in [2.45, 2.75) is 13.5 Å². The lowest BCUT2D eigenvalue weighted by atomic mass is 10.4. The van der Waals surface area contributed by atoms with Crippen molar-refractivity contribution in [1.29, 1.82) is 0 Å². The number of halogens is 3. The fraction of sp³-hybridized carbons (Fsp3) is 0.182. The second-order valence-electron chi connectivity index (χ2n) is 3.61. The minimum Gasteiger partial charge on any atom is -0.342 e. The number of aryl methyl sites for hydroxylation is 1. The molecule has 2 rings (SSSR count). The molecule has 1 N–H and O–H groups in total. The molecule has 8 heteroatoms. The van der Waals surface area contributed by atoms with Gasteiger partial charge in [-0.05, 0) is 13.0 Å². The first-order valence-corrected chi connectivity index (χ1v) is 6.49. The molecule has 0 saturated heterocycles. The van der Waals surface area contributed by atoms with E-state index >= 15 is 0 Å². The third-order valence-corrected chi connectivity index (χ3v) is 3.36. The maximum Gasteiger partial charge on any atom is 0.273 e. The first-order chi connectivity index (χ1) is 9.02. The number of anilines is 1. The number of aromatic nitrogens is 3. The van der Waals surface area contributed by atoms with Crippen LogP contribution in [-0.2, 0) is 6.54 Å². The van der Waals surface area contributed by atoms with Crippen LogP contribution in [-0.4, -0.2) is 20.4 Å². The van der Waals surface area contributed by atoms with Crippen LogP contribution in [0.5, 0.6) is 0 Å². The first kappa shape index (κ1) is 14.1. The lowest BCUT2D eigenvalue weighted by molar-refractivity contribution is 0.101. The van der Waals surface area contributed by atoms with E-state index in [9.17, 15) is 4.79 Å². The Labute approximate surface area is 124 Å². The molecule has 0 bridgehead atoms. The Morgan fingerprint density at radius 2 is 2.11 bits per heavy atom. The van der Waals surface area contributed by atoms with Gasteiger partial charge >= 0.3 is 0 Å². The topological polar surface area (TPSA) is 59.8 Å². The highest BCUT2D eigenvalue weighted by Gasteiger charge is 2.16. The highest BCUT2D eigenvalue weighted by molar-refractivity contribution is 6.43. The molecule has 5 nitrogen and oxygen atoms in total. The van der Waals surface area contributed by atoms with Gasteiger partial charge in [0, 0.05) is 12.7 Å². The van der Waals surface area contributed by atoms with Gasteiger partial charge in [0.15, 0.2) is 11.0 Å². The lowest BCUT2D eigenvalue weighted by Gasteiger charge is -2.08. The van der Waals surface area contributed by atoms with Crippen molar-refractivity contribution in [3.8, 4) is 0 Å². The van der Waals surface area contributed by atoms with Gasteiger partial charge in [-0.3, -0.25) is 4.79 Å². The number of nitrogens with one attached hydrogen (secondary N) is 1. The van der Waals surface area contributed by atoms with E-state index in [1.165, 1.54) is 6.33 Å². The van der Waals surface area contributed by atoms with Crippen molar-refractivity contribution in [2.24, 2.45) is 0 Å². The van der Waals surface area contributed by atoms with Crippen LogP contribution in [0.25, 0.3) is 0 Å². The number of nitrogens with zero attached hydrogens (tertiary/aromatic N) is 3. The number of amides is 1. The van der Waals surface area contributed by atoms with Crippen LogP contribution < -0.4 is 5.32 Å². The van der Waals surface area contributed by atoms with Gasteiger partial charge in [0.25, 0.3) is 5.91 Å². The average Bonchev–Trinajstić information content (AvgIpc) is 2.76. The molecular weight excluding hydrogens is 311 g/mol. The minimum absolute atomic E-state index is 0.0795. The van der Waals surface area contributed by atoms with Gasteiger partial charge in [0.1, 0.15) is 17.0 Å². The summed E-state index contributed by atoms with van der Waals surface area (Å²) in [5, 5.41) is 3.23. The van der Waals surface area contributed by atoms with E-state index in [1.54, 1.807) is 16.8 Å². The van der Waals surface area contributed by atoms with E-state index in [4.69, 9.17) is 34.8 Å². The molecule has 0 spiro atoms. The summed E-state index contributed by atoms with van der Waals surface area (Å²) in [5.74, 6) is -0.211. The predicted molar refractivity (Wildman–Crippen MR) is 75.1 cm³/mol. The molecule has 2 aromatic rings. The van der Waals surface area contributed by atoms with Crippen molar-refractivity contribution < 1.29 is 4.79 Å². The zero-order chi connectivity index (χ0) is 14.0. The van der Waals surface area contributed by atoms with E-state index < -0.39 is 0 Å². The molecule has 0 aliphatic carbocycles. The monoisotopic (exact) mass is 318 g/mol. The SMILES string of the molecule is CCn1cc(Cl)cc1C(=O)Nc1ncnc(Cl)c1Cl. The molecule has 19 heavy (non-hydrogen) atoms. The van der Waals surface area contributed by atoms with Crippen LogP contribution in [0.15, 0.2) is 18.6 Å². The molecule has 100 valence electrons. The number of hydrogen-bond acceptors (Lipinski definition) is 3. The van der Waals surface area contributed by atoms with E-state index in [0.29, 0.717) is 17.3 Å². The van der Waals surface area contributed by atoms with Crippen molar-refractivity contribution in [2.75, 3.05) is 5.32 Å². The van der Waals surface area contributed by atoms with Crippen LogP contribution in [0.3, 0.4) is 0 Å². The van der Waals surface area contributed by atoms with Crippen molar-refractivity contribution in [3.63, 3.8) is 0 Å². The van der Waals surface area contributed by atoms with Gasteiger partial charge in [0.05, 0.1) is 5.02 Å². The second-order valence-corrected chi connectivity index (χ2v) is 4.78. The molecular formula is C11H9Cl3N4O. The minimum atomic E-state index is -0.370. The normalized spacial score (nSPS) is 10.5. The van der Waals surface area contributed by atoms with Crippen molar-refractivity contribution in [1.82, 2.24) is 14.5 Å². The highest BCUT2D eigenvalue weighted by atomic mass is 35.5. The largest absolute Gasteiger partial charge is 0.342 e. The maximum atomic E-state index is 12.1. The molecule has 0 radical (unpaired) electrons. The average molecular weight is 320 g/mol. The Balaban J connectivity index is 2.28. The molecule has 0 aliphatic heterocycles. The second kappa shape index (κ2) is 5.77. The van der Waals surface area contributed by atoms with E-state index in [0.717, 1.165) is 0 Å². The Bertz CT molecular complexity index is 626. The standard InChI is InChI=1S/C11H9Cl3N4O/c1-2-18-4-6(12)3-7(18)11(19)17-10-8(13)9(14)15-5-16-10/h3-5H,2H2,1H3,(H,15,16,17,19). The van der Waals surface area contributed by atoms with Crippen LogP contribution in [0.1, 0.15) is 17.4 Å². The van der Waals surface area contributed by atoms with Gasteiger partial charge in [0.2, 0.25) is 0 Å². The summed E-state index contributed by atoms with van der Waals surface area (Å²) in [5.41, 5.74) is 0.415. The van der Waals surface area contributed by atoms with E-state index in [2.05, 4.69) is 15.3 Å². The number of carbonyl (C=O) groups is 1. The van der Waals surface area contributed by atoms with Crippen LogP contribution in [0.2, 0.25) is 15.2 Å². The van der Waals surface area contributed by atoms with E-state index in [1.807, 2.05) is 6.92 Å². The lowest BCUT2D eigenvalue weighted by Crippen LogP contribution is -2.17. The molecule has 2 aromatic heterocycles. The zero-order valence-corrected chi connectivity index (χ0v) is 12.1. The van der Waals surface area contributed by atoms with Gasteiger partial charge in [-0.15, -0.1) is 0 Å². The van der Waals surface area contributed by atoms with Crippen LogP contribution in [0, 0.1) is 0 Å². The Kier molecular flexibility index (Phi) is 4.29. The van der Waals surface area contributed by atoms with Crippen LogP contribution >= 0.6 is 34.8 Å². The maximum absolute atomic E-state index is 12.1. The molecule has 0 atom stereocenters. The zero-order valence-electron chi connectivity index (χ0n) is 9.82. The third-order valence-electron chi connectivity index (χ3n) is 2.42. The van der Waals surface area contributed by atoms with Gasteiger partial charge in [-0.25, -0.2) is 9.97 Å². The molecule has 2 heterocycles.